The van der Waals surface area contributed by atoms with Crippen molar-refractivity contribution in [3.05, 3.63) is 101 Å². The van der Waals surface area contributed by atoms with E-state index >= 15 is 0 Å². The van der Waals surface area contributed by atoms with E-state index in [1.807, 2.05) is 81.4 Å². The summed E-state index contributed by atoms with van der Waals surface area (Å²) in [5.74, 6) is -0.642. The van der Waals surface area contributed by atoms with Gasteiger partial charge in [0.25, 0.3) is 0 Å². The Labute approximate surface area is 244 Å². The zero-order valence-electron chi connectivity index (χ0n) is 24.5. The van der Waals surface area contributed by atoms with Gasteiger partial charge in [0, 0.05) is 19.0 Å². The van der Waals surface area contributed by atoms with Crippen molar-refractivity contribution in [3.8, 4) is 0 Å². The van der Waals surface area contributed by atoms with E-state index < -0.39 is 28.5 Å². The molecule has 218 valence electrons. The Bertz CT molecular complexity index is 1430. The predicted molar refractivity (Wildman–Crippen MR) is 164 cm³/mol. The molecule has 0 spiro atoms. The second-order valence-corrected chi connectivity index (χ2v) is 13.2. The van der Waals surface area contributed by atoms with Crippen molar-refractivity contribution < 1.29 is 18.0 Å². The van der Waals surface area contributed by atoms with E-state index in [9.17, 15) is 18.0 Å². The average Bonchev–Trinajstić information content (AvgIpc) is 3.42. The third kappa shape index (κ3) is 8.43. The van der Waals surface area contributed by atoms with Crippen LogP contribution in [0.3, 0.4) is 0 Å². The first-order chi connectivity index (χ1) is 19.5. The van der Waals surface area contributed by atoms with Gasteiger partial charge in [0.2, 0.25) is 21.8 Å². The lowest BCUT2D eigenvalue weighted by atomic mass is 10.0. The molecule has 1 aliphatic carbocycles. The molecule has 4 rings (SSSR count). The summed E-state index contributed by atoms with van der Waals surface area (Å²) < 4.78 is 27.2. The van der Waals surface area contributed by atoms with Crippen molar-refractivity contribution in [2.75, 3.05) is 17.1 Å². The van der Waals surface area contributed by atoms with Crippen LogP contribution in [0.2, 0.25) is 0 Å². The number of sulfonamides is 1. The Kier molecular flexibility index (Phi) is 9.86. The average molecular weight is 576 g/mol. The summed E-state index contributed by atoms with van der Waals surface area (Å²) in [6.45, 7) is 5.56. The number of nitrogens with zero attached hydrogens (tertiary/aromatic N) is 2. The summed E-state index contributed by atoms with van der Waals surface area (Å²) in [5.41, 5.74) is 5.11. The lowest BCUT2D eigenvalue weighted by Crippen LogP contribution is -2.54. The Morgan fingerprint density at radius 3 is 2.05 bits per heavy atom. The first-order valence-corrected chi connectivity index (χ1v) is 16.1. The van der Waals surface area contributed by atoms with E-state index in [0.29, 0.717) is 12.1 Å². The highest BCUT2D eigenvalue weighted by Gasteiger charge is 2.34. The van der Waals surface area contributed by atoms with Gasteiger partial charge >= 0.3 is 0 Å². The summed E-state index contributed by atoms with van der Waals surface area (Å²) in [5, 5.41) is 3.19. The summed E-state index contributed by atoms with van der Waals surface area (Å²) in [6.07, 6.45) is 5.41. The number of benzene rings is 3. The minimum absolute atomic E-state index is 0.0832. The standard InChI is InChI=1S/C33H41N3O4S/c1-24-14-16-28(17-15-24)22-35(32(37)23-36(41(4,39)40)30-19-25(2)18-26(3)20-30)31(21-27-10-6-5-7-11-27)33(38)34-29-12-8-9-13-29/h5-7,10-11,14-20,29,31H,8-9,12-13,21-23H2,1-4H3,(H,34,38). The van der Waals surface area contributed by atoms with Gasteiger partial charge in [-0.2, -0.15) is 0 Å². The molecule has 8 heteroatoms. The van der Waals surface area contributed by atoms with Crippen LogP contribution in [0.1, 0.15) is 53.5 Å². The van der Waals surface area contributed by atoms with E-state index in [-0.39, 0.29) is 18.5 Å². The number of anilines is 1. The van der Waals surface area contributed by atoms with Crippen LogP contribution >= 0.6 is 0 Å². The predicted octanol–water partition coefficient (Wildman–Crippen LogP) is 5.08. The molecule has 1 unspecified atom stereocenters. The molecule has 3 aromatic carbocycles. The molecule has 1 fully saturated rings. The molecule has 2 amide bonds. The Hall–Kier alpha value is -3.65. The van der Waals surface area contributed by atoms with Gasteiger partial charge in [-0.3, -0.25) is 13.9 Å². The number of aryl methyl sites for hydroxylation is 3. The molecular formula is C33H41N3O4S. The monoisotopic (exact) mass is 575 g/mol. The highest BCUT2D eigenvalue weighted by atomic mass is 32.2. The second-order valence-electron chi connectivity index (χ2n) is 11.3. The van der Waals surface area contributed by atoms with E-state index in [1.54, 1.807) is 17.0 Å². The molecule has 0 saturated heterocycles. The molecule has 1 saturated carbocycles. The van der Waals surface area contributed by atoms with Gasteiger partial charge < -0.3 is 10.2 Å². The molecule has 1 N–H and O–H groups in total. The number of carbonyl (C=O) groups excluding carboxylic acids is 2. The molecule has 41 heavy (non-hydrogen) atoms. The SMILES string of the molecule is Cc1ccc(CN(C(=O)CN(c2cc(C)cc(C)c2)S(C)(=O)=O)C(Cc2ccccc2)C(=O)NC2CCCC2)cc1. The first-order valence-electron chi connectivity index (χ1n) is 14.2. The van der Waals surface area contributed by atoms with Crippen LogP contribution in [0, 0.1) is 20.8 Å². The number of hydrogen-bond acceptors (Lipinski definition) is 4. The Morgan fingerprint density at radius 1 is 0.854 bits per heavy atom. The van der Waals surface area contributed by atoms with Gasteiger partial charge in [0.1, 0.15) is 12.6 Å². The highest BCUT2D eigenvalue weighted by molar-refractivity contribution is 7.92. The Morgan fingerprint density at radius 2 is 1.46 bits per heavy atom. The fraction of sp³-hybridized carbons (Fsp3) is 0.394. The van der Waals surface area contributed by atoms with Gasteiger partial charge in [-0.25, -0.2) is 8.42 Å². The van der Waals surface area contributed by atoms with Crippen LogP contribution < -0.4 is 9.62 Å². The van der Waals surface area contributed by atoms with Crippen molar-refractivity contribution >= 4 is 27.5 Å². The van der Waals surface area contributed by atoms with E-state index in [1.165, 1.54) is 0 Å². The minimum Gasteiger partial charge on any atom is -0.352 e. The molecule has 0 bridgehead atoms. The quantitative estimate of drug-likeness (QED) is 0.346. The van der Waals surface area contributed by atoms with Gasteiger partial charge in [-0.15, -0.1) is 0 Å². The molecule has 1 atom stereocenters. The minimum atomic E-state index is -3.80. The molecule has 1 aliphatic rings. The Balaban J connectivity index is 1.73. The van der Waals surface area contributed by atoms with Gasteiger partial charge in [0.05, 0.1) is 11.9 Å². The fourth-order valence-corrected chi connectivity index (χ4v) is 6.35. The molecule has 7 nitrogen and oxygen atoms in total. The van der Waals surface area contributed by atoms with Crippen molar-refractivity contribution in [2.24, 2.45) is 0 Å². The zero-order chi connectivity index (χ0) is 29.6. The molecule has 0 heterocycles. The zero-order valence-corrected chi connectivity index (χ0v) is 25.3. The normalized spacial score (nSPS) is 14.4. The number of hydrogen-bond donors (Lipinski definition) is 1. The largest absolute Gasteiger partial charge is 0.352 e. The number of nitrogens with one attached hydrogen (secondary N) is 1. The lowest BCUT2D eigenvalue weighted by molar-refractivity contribution is -0.140. The number of carbonyl (C=O) groups is 2. The van der Waals surface area contributed by atoms with Crippen LogP contribution in [0.5, 0.6) is 0 Å². The van der Waals surface area contributed by atoms with Crippen LogP contribution in [-0.2, 0) is 32.6 Å². The van der Waals surface area contributed by atoms with Crippen molar-refractivity contribution in [2.45, 2.75) is 71.5 Å². The summed E-state index contributed by atoms with van der Waals surface area (Å²) >= 11 is 0. The van der Waals surface area contributed by atoms with Crippen LogP contribution in [0.15, 0.2) is 72.8 Å². The maximum absolute atomic E-state index is 14.2. The van der Waals surface area contributed by atoms with Gasteiger partial charge in [-0.1, -0.05) is 79.1 Å². The highest BCUT2D eigenvalue weighted by Crippen LogP contribution is 2.24. The molecular weight excluding hydrogens is 534 g/mol. The van der Waals surface area contributed by atoms with Crippen LogP contribution in [-0.4, -0.2) is 50.0 Å². The number of amides is 2. The summed E-state index contributed by atoms with van der Waals surface area (Å²) in [7, 11) is -3.80. The van der Waals surface area contributed by atoms with Crippen LogP contribution in [0.25, 0.3) is 0 Å². The van der Waals surface area contributed by atoms with Crippen LogP contribution in [0.4, 0.5) is 5.69 Å². The first kappa shape index (κ1) is 30.3. The van der Waals surface area contributed by atoms with Gasteiger partial charge in [0.15, 0.2) is 0 Å². The molecule has 0 aromatic heterocycles. The topological polar surface area (TPSA) is 86.8 Å². The van der Waals surface area contributed by atoms with Crippen molar-refractivity contribution in [1.82, 2.24) is 10.2 Å². The summed E-state index contributed by atoms with van der Waals surface area (Å²) in [6, 6.07) is 22.2. The van der Waals surface area contributed by atoms with E-state index in [4.69, 9.17) is 0 Å². The maximum atomic E-state index is 14.2. The van der Waals surface area contributed by atoms with Gasteiger partial charge in [-0.05, 0) is 68.0 Å². The molecule has 3 aromatic rings. The lowest BCUT2D eigenvalue weighted by Gasteiger charge is -2.34. The smallest absolute Gasteiger partial charge is 0.244 e. The third-order valence-electron chi connectivity index (χ3n) is 7.62. The van der Waals surface area contributed by atoms with Crippen molar-refractivity contribution in [3.63, 3.8) is 0 Å². The number of rotatable bonds is 11. The van der Waals surface area contributed by atoms with E-state index in [2.05, 4.69) is 5.32 Å². The second kappa shape index (κ2) is 13.3. The summed E-state index contributed by atoms with van der Waals surface area (Å²) in [4.78, 5) is 29.7. The molecule has 0 aliphatic heterocycles. The molecule has 0 radical (unpaired) electrons. The van der Waals surface area contributed by atoms with E-state index in [0.717, 1.165) is 64.1 Å². The third-order valence-corrected chi connectivity index (χ3v) is 8.76. The fourth-order valence-electron chi connectivity index (χ4n) is 5.52. The van der Waals surface area contributed by atoms with Crippen molar-refractivity contribution in [1.29, 1.82) is 0 Å². The maximum Gasteiger partial charge on any atom is 0.244 e.